The van der Waals surface area contributed by atoms with Gasteiger partial charge in [0.25, 0.3) is 5.91 Å². The number of benzene rings is 2. The van der Waals surface area contributed by atoms with Crippen LogP contribution in [-0.4, -0.2) is 15.9 Å². The number of furan rings is 1. The average molecular weight is 409 g/mol. The zero-order valence-corrected chi connectivity index (χ0v) is 17.0. The van der Waals surface area contributed by atoms with E-state index in [1.54, 1.807) is 36.5 Å². The van der Waals surface area contributed by atoms with Crippen molar-refractivity contribution in [3.63, 3.8) is 0 Å². The van der Waals surface area contributed by atoms with E-state index in [0.717, 1.165) is 11.1 Å². The second kappa shape index (κ2) is 7.57. The minimum Gasteiger partial charge on any atom is -0.451 e. The van der Waals surface area contributed by atoms with Gasteiger partial charge in [0.2, 0.25) is 5.89 Å². The Bertz CT molecular complexity index is 1380. The molecule has 3 heterocycles. The molecule has 0 fully saturated rings. The molecule has 2 aromatic carbocycles. The Morgan fingerprint density at radius 2 is 1.77 bits per heavy atom. The molecular formula is C25H19N3O3. The van der Waals surface area contributed by atoms with E-state index in [-0.39, 0.29) is 11.7 Å². The molecule has 0 aliphatic carbocycles. The van der Waals surface area contributed by atoms with Crippen LogP contribution < -0.4 is 5.32 Å². The number of hydrogen-bond donors (Lipinski definition) is 1. The summed E-state index contributed by atoms with van der Waals surface area (Å²) >= 11 is 0. The van der Waals surface area contributed by atoms with E-state index in [0.29, 0.717) is 28.6 Å². The summed E-state index contributed by atoms with van der Waals surface area (Å²) < 4.78 is 11.6. The number of rotatable bonds is 4. The molecule has 0 spiro atoms. The SMILES string of the molecule is Cc1ccc(-c2ccc(C(=O)Nc3cccc(-c4nc5ncccc5o4)c3)o2)cc1C. The van der Waals surface area contributed by atoms with Gasteiger partial charge in [0.05, 0.1) is 0 Å². The minimum atomic E-state index is -0.327. The highest BCUT2D eigenvalue weighted by Crippen LogP contribution is 2.27. The van der Waals surface area contributed by atoms with Gasteiger partial charge < -0.3 is 14.2 Å². The fourth-order valence-corrected chi connectivity index (χ4v) is 3.32. The lowest BCUT2D eigenvalue weighted by molar-refractivity contribution is 0.0997. The van der Waals surface area contributed by atoms with Crippen molar-refractivity contribution in [3.8, 4) is 22.8 Å². The molecule has 5 aromatic rings. The second-order valence-electron chi connectivity index (χ2n) is 7.34. The molecule has 3 aromatic heterocycles. The van der Waals surface area contributed by atoms with E-state index in [1.165, 1.54) is 11.1 Å². The normalized spacial score (nSPS) is 11.0. The molecule has 0 unspecified atom stereocenters. The van der Waals surface area contributed by atoms with Crippen molar-refractivity contribution in [1.82, 2.24) is 9.97 Å². The number of hydrogen-bond acceptors (Lipinski definition) is 5. The monoisotopic (exact) mass is 409 g/mol. The van der Waals surface area contributed by atoms with Gasteiger partial charge in [-0.05, 0) is 73.5 Å². The van der Waals surface area contributed by atoms with E-state index in [1.807, 2.05) is 30.3 Å². The van der Waals surface area contributed by atoms with Crippen LogP contribution in [-0.2, 0) is 0 Å². The van der Waals surface area contributed by atoms with Gasteiger partial charge in [0.15, 0.2) is 17.0 Å². The quantitative estimate of drug-likeness (QED) is 0.393. The molecule has 6 nitrogen and oxygen atoms in total. The molecule has 0 radical (unpaired) electrons. The Balaban J connectivity index is 1.37. The number of nitrogens with one attached hydrogen (secondary N) is 1. The Kier molecular flexibility index (Phi) is 4.59. The number of carbonyl (C=O) groups excluding carboxylic acids is 1. The first-order valence-electron chi connectivity index (χ1n) is 9.88. The van der Waals surface area contributed by atoms with Crippen LogP contribution in [0.15, 0.2) is 81.8 Å². The topological polar surface area (TPSA) is 81.2 Å². The Morgan fingerprint density at radius 3 is 2.61 bits per heavy atom. The summed E-state index contributed by atoms with van der Waals surface area (Å²) in [7, 11) is 0. The lowest BCUT2D eigenvalue weighted by atomic mass is 10.1. The number of fused-ring (bicyclic) bond motifs is 1. The summed E-state index contributed by atoms with van der Waals surface area (Å²) in [4.78, 5) is 21.3. The van der Waals surface area contributed by atoms with Gasteiger partial charge in [0.1, 0.15) is 5.76 Å². The van der Waals surface area contributed by atoms with E-state index in [4.69, 9.17) is 8.83 Å². The van der Waals surface area contributed by atoms with Crippen molar-refractivity contribution >= 4 is 22.8 Å². The molecule has 0 aliphatic heterocycles. The Labute approximate surface area is 178 Å². The van der Waals surface area contributed by atoms with Crippen LogP contribution in [0.5, 0.6) is 0 Å². The fourth-order valence-electron chi connectivity index (χ4n) is 3.32. The highest BCUT2D eigenvalue weighted by atomic mass is 16.4. The molecular weight excluding hydrogens is 390 g/mol. The van der Waals surface area contributed by atoms with Gasteiger partial charge in [-0.2, -0.15) is 4.98 Å². The summed E-state index contributed by atoms with van der Waals surface area (Å²) in [6.45, 7) is 4.11. The third-order valence-electron chi connectivity index (χ3n) is 5.15. The van der Waals surface area contributed by atoms with Crippen LogP contribution in [0.4, 0.5) is 5.69 Å². The van der Waals surface area contributed by atoms with Gasteiger partial charge in [0, 0.05) is 23.0 Å². The molecule has 0 saturated heterocycles. The van der Waals surface area contributed by atoms with Gasteiger partial charge in [-0.1, -0.05) is 18.2 Å². The van der Waals surface area contributed by atoms with Crippen LogP contribution in [0.2, 0.25) is 0 Å². The molecule has 152 valence electrons. The van der Waals surface area contributed by atoms with E-state index in [2.05, 4.69) is 35.2 Å². The maximum absolute atomic E-state index is 12.7. The standard InChI is InChI=1S/C25H19N3O3/c1-15-8-9-17(13-16(15)2)20-10-11-22(30-20)24(29)27-19-6-3-5-18(14-19)25-28-23-21(31-25)7-4-12-26-23/h3-14H,1-2H3,(H,27,29). The number of pyridine rings is 1. The van der Waals surface area contributed by atoms with E-state index >= 15 is 0 Å². The smallest absolute Gasteiger partial charge is 0.291 e. The van der Waals surface area contributed by atoms with E-state index in [9.17, 15) is 4.79 Å². The van der Waals surface area contributed by atoms with Crippen LogP contribution >= 0.6 is 0 Å². The van der Waals surface area contributed by atoms with Crippen molar-refractivity contribution in [2.75, 3.05) is 5.32 Å². The van der Waals surface area contributed by atoms with Crippen molar-refractivity contribution in [3.05, 3.63) is 89.8 Å². The predicted molar refractivity (Wildman–Crippen MR) is 119 cm³/mol. The van der Waals surface area contributed by atoms with Gasteiger partial charge in [-0.3, -0.25) is 4.79 Å². The van der Waals surface area contributed by atoms with Crippen LogP contribution in [0.1, 0.15) is 21.7 Å². The zero-order chi connectivity index (χ0) is 21.4. The maximum atomic E-state index is 12.7. The Morgan fingerprint density at radius 1 is 0.871 bits per heavy atom. The average Bonchev–Trinajstić information content (AvgIpc) is 3.43. The fraction of sp³-hybridized carbons (Fsp3) is 0.0800. The van der Waals surface area contributed by atoms with Crippen molar-refractivity contribution in [2.24, 2.45) is 0 Å². The van der Waals surface area contributed by atoms with Gasteiger partial charge in [-0.15, -0.1) is 0 Å². The van der Waals surface area contributed by atoms with Crippen LogP contribution in [0.25, 0.3) is 34.0 Å². The number of aromatic nitrogens is 2. The molecule has 1 N–H and O–H groups in total. The minimum absolute atomic E-state index is 0.240. The summed E-state index contributed by atoms with van der Waals surface area (Å²) in [5.41, 5.74) is 5.83. The molecule has 0 aliphatic rings. The lowest BCUT2D eigenvalue weighted by Gasteiger charge is -2.05. The summed E-state index contributed by atoms with van der Waals surface area (Å²) in [5.74, 6) is 1.01. The van der Waals surface area contributed by atoms with E-state index < -0.39 is 0 Å². The Hall–Kier alpha value is -4.19. The highest BCUT2D eigenvalue weighted by Gasteiger charge is 2.14. The number of anilines is 1. The predicted octanol–water partition coefficient (Wildman–Crippen LogP) is 6.02. The summed E-state index contributed by atoms with van der Waals surface area (Å²) in [6, 6.07) is 20.5. The molecule has 0 atom stereocenters. The lowest BCUT2D eigenvalue weighted by Crippen LogP contribution is -2.10. The number of oxazole rings is 1. The molecule has 1 amide bonds. The number of aryl methyl sites for hydroxylation is 2. The summed E-state index contributed by atoms with van der Waals surface area (Å²) in [6.07, 6.45) is 1.67. The maximum Gasteiger partial charge on any atom is 0.291 e. The molecule has 5 rings (SSSR count). The number of carbonyl (C=O) groups is 1. The van der Waals surface area contributed by atoms with Crippen LogP contribution in [0, 0.1) is 13.8 Å². The number of nitrogens with zero attached hydrogens (tertiary/aromatic N) is 2. The van der Waals surface area contributed by atoms with Crippen molar-refractivity contribution in [2.45, 2.75) is 13.8 Å². The highest BCUT2D eigenvalue weighted by molar-refractivity contribution is 6.02. The van der Waals surface area contributed by atoms with Gasteiger partial charge >= 0.3 is 0 Å². The number of amides is 1. The summed E-state index contributed by atoms with van der Waals surface area (Å²) in [5, 5.41) is 2.87. The first-order valence-corrected chi connectivity index (χ1v) is 9.88. The first-order chi connectivity index (χ1) is 15.1. The molecule has 0 saturated carbocycles. The molecule has 31 heavy (non-hydrogen) atoms. The zero-order valence-electron chi connectivity index (χ0n) is 17.0. The third-order valence-corrected chi connectivity index (χ3v) is 5.15. The third kappa shape index (κ3) is 3.71. The van der Waals surface area contributed by atoms with Gasteiger partial charge in [-0.25, -0.2) is 4.98 Å². The second-order valence-corrected chi connectivity index (χ2v) is 7.34. The largest absolute Gasteiger partial charge is 0.451 e. The van der Waals surface area contributed by atoms with Crippen molar-refractivity contribution < 1.29 is 13.6 Å². The molecule has 6 heteroatoms. The van der Waals surface area contributed by atoms with Crippen LogP contribution in [0.3, 0.4) is 0 Å². The van der Waals surface area contributed by atoms with Crippen molar-refractivity contribution in [1.29, 1.82) is 0 Å². The first kappa shape index (κ1) is 18.8. The molecule has 0 bridgehead atoms.